The highest BCUT2D eigenvalue weighted by molar-refractivity contribution is 5.91. The molecule has 0 radical (unpaired) electrons. The highest BCUT2D eigenvalue weighted by Gasteiger charge is 2.26. The average molecular weight is 317 g/mol. The molecule has 0 heterocycles. The molecule has 0 unspecified atom stereocenters. The number of nitrogens with two attached hydrogens (primary N) is 1. The molecule has 1 aliphatic rings. The van der Waals surface area contributed by atoms with E-state index in [1.54, 1.807) is 24.3 Å². The fourth-order valence-corrected chi connectivity index (χ4v) is 3.32. The van der Waals surface area contributed by atoms with Crippen molar-refractivity contribution < 1.29 is 9.53 Å². The van der Waals surface area contributed by atoms with Gasteiger partial charge in [-0.05, 0) is 48.1 Å². The maximum atomic E-state index is 11.6. The van der Waals surface area contributed by atoms with Gasteiger partial charge in [0.1, 0.15) is 12.1 Å². The van der Waals surface area contributed by atoms with Crippen molar-refractivity contribution in [2.45, 2.75) is 19.3 Å². The van der Waals surface area contributed by atoms with E-state index in [-0.39, 0.29) is 5.69 Å². The molecule has 0 bridgehead atoms. The molecule has 118 valence electrons. The number of benzene rings is 2. The number of carbonyl (C=O) groups is 1. The second-order valence-electron chi connectivity index (χ2n) is 5.64. The lowest BCUT2D eigenvalue weighted by Crippen LogP contribution is -2.05. The number of methoxy groups -OCH3 is 1. The molecule has 24 heavy (non-hydrogen) atoms. The minimum Gasteiger partial charge on any atom is -0.465 e. The van der Waals surface area contributed by atoms with Crippen LogP contribution in [-0.2, 0) is 17.6 Å². The molecular weight excluding hydrogens is 302 g/mol. The second-order valence-corrected chi connectivity index (χ2v) is 5.64. The predicted octanol–water partition coefficient (Wildman–Crippen LogP) is 2.95. The third-order valence-electron chi connectivity index (χ3n) is 4.43. The summed E-state index contributed by atoms with van der Waals surface area (Å²) in [6.45, 7) is 0. The number of rotatable bonds is 2. The predicted molar refractivity (Wildman–Crippen MR) is 89.1 cm³/mol. The van der Waals surface area contributed by atoms with E-state index in [9.17, 15) is 15.3 Å². The summed E-state index contributed by atoms with van der Waals surface area (Å²) in [6, 6.07) is 11.2. The molecule has 0 atom stereocenters. The van der Waals surface area contributed by atoms with E-state index >= 15 is 0 Å². The van der Waals surface area contributed by atoms with E-state index < -0.39 is 5.97 Å². The Labute approximate surface area is 139 Å². The number of ether oxygens (including phenoxy) is 1. The van der Waals surface area contributed by atoms with E-state index in [0.717, 1.165) is 41.5 Å². The monoisotopic (exact) mass is 317 g/mol. The summed E-state index contributed by atoms with van der Waals surface area (Å²) >= 11 is 0. The molecular formula is C19H15N3O2. The van der Waals surface area contributed by atoms with E-state index in [1.165, 1.54) is 7.11 Å². The van der Waals surface area contributed by atoms with Gasteiger partial charge < -0.3 is 10.5 Å². The topological polar surface area (TPSA) is 99.9 Å². The number of fused-ring (bicyclic) bond motifs is 1. The highest BCUT2D eigenvalue weighted by Crippen LogP contribution is 2.40. The van der Waals surface area contributed by atoms with E-state index in [4.69, 9.17) is 10.5 Å². The zero-order valence-corrected chi connectivity index (χ0v) is 13.2. The van der Waals surface area contributed by atoms with Gasteiger partial charge >= 0.3 is 5.97 Å². The van der Waals surface area contributed by atoms with E-state index in [1.807, 2.05) is 0 Å². The van der Waals surface area contributed by atoms with Crippen molar-refractivity contribution in [1.29, 1.82) is 10.5 Å². The molecule has 0 saturated carbocycles. The van der Waals surface area contributed by atoms with Gasteiger partial charge in [-0.1, -0.05) is 12.1 Å². The number of nitriles is 2. The summed E-state index contributed by atoms with van der Waals surface area (Å²) in [5.41, 5.74) is 11.1. The quantitative estimate of drug-likeness (QED) is 0.678. The molecule has 2 aromatic carbocycles. The van der Waals surface area contributed by atoms with Crippen LogP contribution in [0.2, 0.25) is 0 Å². The molecule has 0 fully saturated rings. The SMILES string of the molecule is COC(=O)c1ccc(-c2c(C#N)c(N)c(C#N)c3c2CCC3)cc1. The van der Waals surface area contributed by atoms with Crippen LogP contribution in [-0.4, -0.2) is 13.1 Å². The van der Waals surface area contributed by atoms with Crippen LogP contribution in [0.3, 0.4) is 0 Å². The Morgan fingerprint density at radius 2 is 1.71 bits per heavy atom. The number of nitrogens with zero attached hydrogens (tertiary/aromatic N) is 2. The molecule has 2 aromatic rings. The first-order valence-electron chi connectivity index (χ1n) is 7.58. The van der Waals surface area contributed by atoms with Crippen molar-refractivity contribution in [2.24, 2.45) is 0 Å². The van der Waals surface area contributed by atoms with Crippen LogP contribution < -0.4 is 5.73 Å². The van der Waals surface area contributed by atoms with Crippen molar-refractivity contribution in [3.63, 3.8) is 0 Å². The van der Waals surface area contributed by atoms with Crippen LogP contribution in [0, 0.1) is 22.7 Å². The van der Waals surface area contributed by atoms with Gasteiger partial charge in [-0.2, -0.15) is 10.5 Å². The Kier molecular flexibility index (Phi) is 3.93. The largest absolute Gasteiger partial charge is 0.465 e. The second kappa shape index (κ2) is 6.06. The summed E-state index contributed by atoms with van der Waals surface area (Å²) < 4.78 is 4.70. The third-order valence-corrected chi connectivity index (χ3v) is 4.43. The van der Waals surface area contributed by atoms with Gasteiger partial charge in [0.15, 0.2) is 0 Å². The molecule has 0 amide bonds. The zero-order chi connectivity index (χ0) is 17.3. The van der Waals surface area contributed by atoms with Crippen molar-refractivity contribution in [3.05, 3.63) is 52.1 Å². The number of hydrogen-bond acceptors (Lipinski definition) is 5. The lowest BCUT2D eigenvalue weighted by molar-refractivity contribution is 0.0601. The van der Waals surface area contributed by atoms with Crippen molar-refractivity contribution in [2.75, 3.05) is 12.8 Å². The number of hydrogen-bond donors (Lipinski definition) is 1. The van der Waals surface area contributed by atoms with Crippen molar-refractivity contribution in [3.8, 4) is 23.3 Å². The summed E-state index contributed by atoms with van der Waals surface area (Å²) in [5, 5.41) is 19.0. The summed E-state index contributed by atoms with van der Waals surface area (Å²) in [5.74, 6) is -0.411. The normalized spacial score (nSPS) is 12.1. The highest BCUT2D eigenvalue weighted by atomic mass is 16.5. The Bertz CT molecular complexity index is 912. The standard InChI is InChI=1S/C19H15N3O2/c1-24-19(23)12-7-5-11(6-8-12)17-14-4-2-3-13(14)15(9-20)18(22)16(17)10-21/h5-8H,2-4,22H2,1H3. The number of carbonyl (C=O) groups excluding carboxylic acids is 1. The molecule has 5 heteroatoms. The molecule has 5 nitrogen and oxygen atoms in total. The molecule has 0 aromatic heterocycles. The minimum absolute atomic E-state index is 0.243. The first-order chi connectivity index (χ1) is 11.6. The molecule has 1 aliphatic carbocycles. The number of esters is 1. The smallest absolute Gasteiger partial charge is 0.337 e. The first kappa shape index (κ1) is 15.6. The average Bonchev–Trinajstić information content (AvgIpc) is 3.09. The van der Waals surface area contributed by atoms with Crippen LogP contribution in [0.5, 0.6) is 0 Å². The fourth-order valence-electron chi connectivity index (χ4n) is 3.32. The lowest BCUT2D eigenvalue weighted by Gasteiger charge is -2.15. The Hall–Kier alpha value is -3.31. The van der Waals surface area contributed by atoms with Crippen LogP contribution in [0.15, 0.2) is 24.3 Å². The number of nitrogen functional groups attached to an aromatic ring is 1. The molecule has 0 aliphatic heterocycles. The maximum absolute atomic E-state index is 11.6. The van der Waals surface area contributed by atoms with Crippen molar-refractivity contribution in [1.82, 2.24) is 0 Å². The van der Waals surface area contributed by atoms with Gasteiger partial charge in [0, 0.05) is 5.56 Å². The zero-order valence-electron chi connectivity index (χ0n) is 13.2. The minimum atomic E-state index is -0.411. The fraction of sp³-hybridized carbons (Fsp3) is 0.211. The summed E-state index contributed by atoms with van der Waals surface area (Å²) in [4.78, 5) is 11.6. The Morgan fingerprint density at radius 3 is 2.29 bits per heavy atom. The van der Waals surface area contributed by atoms with E-state index in [0.29, 0.717) is 16.7 Å². The lowest BCUT2D eigenvalue weighted by atomic mass is 9.88. The van der Waals surface area contributed by atoms with Gasteiger partial charge in [-0.3, -0.25) is 0 Å². The van der Waals surface area contributed by atoms with Gasteiger partial charge in [-0.25, -0.2) is 4.79 Å². The Balaban J connectivity index is 2.24. The molecule has 0 spiro atoms. The Morgan fingerprint density at radius 1 is 1.08 bits per heavy atom. The summed E-state index contributed by atoms with van der Waals surface area (Å²) in [6.07, 6.45) is 2.54. The third kappa shape index (κ3) is 2.28. The maximum Gasteiger partial charge on any atom is 0.337 e. The van der Waals surface area contributed by atoms with Gasteiger partial charge in [0.2, 0.25) is 0 Å². The molecule has 2 N–H and O–H groups in total. The van der Waals surface area contributed by atoms with Gasteiger partial charge in [0.25, 0.3) is 0 Å². The van der Waals surface area contributed by atoms with Crippen molar-refractivity contribution >= 4 is 11.7 Å². The van der Waals surface area contributed by atoms with Gasteiger partial charge in [0.05, 0.1) is 29.5 Å². The van der Waals surface area contributed by atoms with Gasteiger partial charge in [-0.15, -0.1) is 0 Å². The van der Waals surface area contributed by atoms with Crippen LogP contribution in [0.25, 0.3) is 11.1 Å². The summed E-state index contributed by atoms with van der Waals surface area (Å²) in [7, 11) is 1.33. The number of anilines is 1. The molecule has 3 rings (SSSR count). The van der Waals surface area contributed by atoms with Crippen LogP contribution in [0.1, 0.15) is 39.0 Å². The molecule has 0 saturated heterocycles. The van der Waals surface area contributed by atoms with Crippen LogP contribution in [0.4, 0.5) is 5.69 Å². The first-order valence-corrected chi connectivity index (χ1v) is 7.58. The van der Waals surface area contributed by atoms with Crippen LogP contribution >= 0.6 is 0 Å². The van der Waals surface area contributed by atoms with E-state index in [2.05, 4.69) is 12.1 Å².